The molecule has 0 saturated carbocycles. The van der Waals surface area contributed by atoms with Crippen molar-refractivity contribution >= 4 is 0 Å². The summed E-state index contributed by atoms with van der Waals surface area (Å²) in [6, 6.07) is 0. The predicted octanol–water partition coefficient (Wildman–Crippen LogP) is -0.292. The second kappa shape index (κ2) is 18.7. The highest BCUT2D eigenvalue weighted by Crippen LogP contribution is 1.86. The van der Waals surface area contributed by atoms with Crippen LogP contribution < -0.4 is 0 Å². The molecular formula is C13H28O7. The van der Waals surface area contributed by atoms with Crippen LogP contribution in [0.15, 0.2) is 0 Å². The van der Waals surface area contributed by atoms with Gasteiger partial charge < -0.3 is 33.5 Å². The van der Waals surface area contributed by atoms with Crippen LogP contribution in [0.3, 0.4) is 0 Å². The van der Waals surface area contributed by atoms with Crippen molar-refractivity contribution in [3.63, 3.8) is 0 Å². The number of rotatable bonds is 0. The summed E-state index contributed by atoms with van der Waals surface area (Å²) in [5, 5.41) is 7.00. The molecule has 1 saturated heterocycles. The second-order valence-electron chi connectivity index (χ2n) is 3.67. The normalized spacial score (nSPS) is 21.9. The van der Waals surface area contributed by atoms with Gasteiger partial charge in [0.1, 0.15) is 0 Å². The largest absolute Gasteiger partial charge is 0.400 e. The first-order valence-corrected chi connectivity index (χ1v) is 6.91. The second-order valence-corrected chi connectivity index (χ2v) is 3.67. The van der Waals surface area contributed by atoms with Crippen LogP contribution in [0.25, 0.3) is 0 Å². The molecule has 0 aromatic rings. The van der Waals surface area contributed by atoms with Crippen molar-refractivity contribution in [1.29, 1.82) is 0 Å². The van der Waals surface area contributed by atoms with Gasteiger partial charge in [-0.25, -0.2) is 0 Å². The zero-order valence-electron chi connectivity index (χ0n) is 12.4. The van der Waals surface area contributed by atoms with Crippen LogP contribution in [0.1, 0.15) is 0 Å². The Morgan fingerprint density at radius 2 is 0.450 bits per heavy atom. The SMILES string of the molecule is C1COCCOCCOCCOCCOCCO1.CO. The third kappa shape index (κ3) is 15.8. The van der Waals surface area contributed by atoms with Gasteiger partial charge in [0.2, 0.25) is 0 Å². The lowest BCUT2D eigenvalue weighted by molar-refractivity contribution is -0.0334. The first kappa shape index (κ1) is 19.7. The Hall–Kier alpha value is -0.280. The van der Waals surface area contributed by atoms with E-state index in [1.165, 1.54) is 0 Å². The van der Waals surface area contributed by atoms with E-state index < -0.39 is 0 Å². The fourth-order valence-electron chi connectivity index (χ4n) is 1.32. The fraction of sp³-hybridized carbons (Fsp3) is 1.00. The van der Waals surface area contributed by atoms with Gasteiger partial charge in [-0.3, -0.25) is 0 Å². The molecule has 7 nitrogen and oxygen atoms in total. The van der Waals surface area contributed by atoms with E-state index in [-0.39, 0.29) is 0 Å². The molecule has 0 aromatic carbocycles. The van der Waals surface area contributed by atoms with Gasteiger partial charge in [0.05, 0.1) is 79.3 Å². The van der Waals surface area contributed by atoms with Gasteiger partial charge in [0.15, 0.2) is 0 Å². The van der Waals surface area contributed by atoms with Gasteiger partial charge in [0, 0.05) is 7.11 Å². The van der Waals surface area contributed by atoms with Crippen LogP contribution in [0.5, 0.6) is 0 Å². The molecule has 0 spiro atoms. The standard InChI is InChI=1S/C12H24O6.CH4O/c1-2-14-5-6-16-9-10-18-12-11-17-8-7-15-4-3-13-1;1-2/h1-12H2;2H,1H3. The maximum atomic E-state index is 7.00. The molecular weight excluding hydrogens is 268 g/mol. The molecule has 1 heterocycles. The summed E-state index contributed by atoms with van der Waals surface area (Å²) in [5.74, 6) is 0. The number of aliphatic hydroxyl groups is 1. The maximum absolute atomic E-state index is 7.00. The highest BCUT2D eigenvalue weighted by molar-refractivity contribution is 4.38. The van der Waals surface area contributed by atoms with Crippen LogP contribution in [0.4, 0.5) is 0 Å². The molecule has 1 N–H and O–H groups in total. The Balaban J connectivity index is 0.00000172. The van der Waals surface area contributed by atoms with Crippen molar-refractivity contribution in [3.05, 3.63) is 0 Å². The highest BCUT2D eigenvalue weighted by Gasteiger charge is 1.95. The minimum absolute atomic E-state index is 0.586. The van der Waals surface area contributed by atoms with E-state index in [2.05, 4.69) is 0 Å². The van der Waals surface area contributed by atoms with Gasteiger partial charge in [0.25, 0.3) is 0 Å². The Labute approximate surface area is 121 Å². The van der Waals surface area contributed by atoms with E-state index in [9.17, 15) is 0 Å². The van der Waals surface area contributed by atoms with Crippen LogP contribution in [0, 0.1) is 0 Å². The number of ether oxygens (including phenoxy) is 6. The zero-order chi connectivity index (χ0) is 14.7. The molecule has 7 heteroatoms. The first-order chi connectivity index (χ1) is 10.0. The van der Waals surface area contributed by atoms with Crippen molar-refractivity contribution in [2.75, 3.05) is 86.4 Å². The van der Waals surface area contributed by atoms with E-state index in [4.69, 9.17) is 33.5 Å². The van der Waals surface area contributed by atoms with Gasteiger partial charge in [-0.15, -0.1) is 0 Å². The Bertz CT molecular complexity index is 93.7. The molecule has 0 atom stereocenters. The van der Waals surface area contributed by atoms with E-state index in [1.807, 2.05) is 0 Å². The van der Waals surface area contributed by atoms with Gasteiger partial charge in [-0.05, 0) is 0 Å². The number of hydrogen-bond acceptors (Lipinski definition) is 7. The first-order valence-electron chi connectivity index (χ1n) is 6.91. The van der Waals surface area contributed by atoms with E-state index in [1.54, 1.807) is 0 Å². The summed E-state index contributed by atoms with van der Waals surface area (Å²) in [5.41, 5.74) is 0. The molecule has 1 fully saturated rings. The predicted molar refractivity (Wildman–Crippen MR) is 73.1 cm³/mol. The number of aliphatic hydroxyl groups excluding tert-OH is 1. The topological polar surface area (TPSA) is 75.6 Å². The van der Waals surface area contributed by atoms with Crippen molar-refractivity contribution in [2.45, 2.75) is 0 Å². The Morgan fingerprint density at radius 3 is 0.550 bits per heavy atom. The third-order valence-electron chi connectivity index (χ3n) is 2.23. The molecule has 1 rings (SSSR count). The minimum atomic E-state index is 0.586. The summed E-state index contributed by atoms with van der Waals surface area (Å²) in [4.78, 5) is 0. The molecule has 0 aromatic heterocycles. The summed E-state index contributed by atoms with van der Waals surface area (Å²) < 4.78 is 32.0. The molecule has 0 bridgehead atoms. The molecule has 0 unspecified atom stereocenters. The molecule has 0 radical (unpaired) electrons. The lowest BCUT2D eigenvalue weighted by atomic mass is 10.6. The summed E-state index contributed by atoms with van der Waals surface area (Å²) in [6.45, 7) is 7.04. The molecule has 20 heavy (non-hydrogen) atoms. The van der Waals surface area contributed by atoms with Crippen molar-refractivity contribution in [2.24, 2.45) is 0 Å². The summed E-state index contributed by atoms with van der Waals surface area (Å²) in [7, 11) is 1.00. The molecule has 0 aliphatic carbocycles. The van der Waals surface area contributed by atoms with E-state index in [0.29, 0.717) is 79.3 Å². The van der Waals surface area contributed by atoms with Crippen molar-refractivity contribution < 1.29 is 33.5 Å². The molecule has 0 amide bonds. The lowest BCUT2D eigenvalue weighted by Gasteiger charge is -2.09. The maximum Gasteiger partial charge on any atom is 0.0701 e. The quantitative estimate of drug-likeness (QED) is 0.658. The van der Waals surface area contributed by atoms with Crippen LogP contribution >= 0.6 is 0 Å². The average molecular weight is 296 g/mol. The van der Waals surface area contributed by atoms with Gasteiger partial charge in [-0.2, -0.15) is 0 Å². The van der Waals surface area contributed by atoms with Crippen LogP contribution in [-0.2, 0) is 28.4 Å². The molecule has 122 valence electrons. The monoisotopic (exact) mass is 296 g/mol. The number of hydrogen-bond donors (Lipinski definition) is 1. The third-order valence-corrected chi connectivity index (χ3v) is 2.23. The summed E-state index contributed by atoms with van der Waals surface area (Å²) >= 11 is 0. The van der Waals surface area contributed by atoms with E-state index in [0.717, 1.165) is 7.11 Å². The van der Waals surface area contributed by atoms with Crippen molar-refractivity contribution in [1.82, 2.24) is 0 Å². The zero-order valence-corrected chi connectivity index (χ0v) is 12.4. The highest BCUT2D eigenvalue weighted by atomic mass is 16.6. The van der Waals surface area contributed by atoms with Gasteiger partial charge >= 0.3 is 0 Å². The minimum Gasteiger partial charge on any atom is -0.400 e. The Morgan fingerprint density at radius 1 is 0.350 bits per heavy atom. The molecule has 1 aliphatic rings. The summed E-state index contributed by atoms with van der Waals surface area (Å²) in [6.07, 6.45) is 0. The average Bonchev–Trinajstić information content (AvgIpc) is 2.49. The Kier molecular flexibility index (Phi) is 18.5. The fourth-order valence-corrected chi connectivity index (χ4v) is 1.32. The smallest absolute Gasteiger partial charge is 0.0701 e. The molecule has 1 aliphatic heterocycles. The van der Waals surface area contributed by atoms with Crippen LogP contribution in [0.2, 0.25) is 0 Å². The van der Waals surface area contributed by atoms with Crippen LogP contribution in [-0.4, -0.2) is 91.5 Å². The van der Waals surface area contributed by atoms with Gasteiger partial charge in [-0.1, -0.05) is 0 Å². The van der Waals surface area contributed by atoms with E-state index >= 15 is 0 Å². The van der Waals surface area contributed by atoms with Crippen molar-refractivity contribution in [3.8, 4) is 0 Å². The lowest BCUT2D eigenvalue weighted by Crippen LogP contribution is -2.16.